The molecule has 0 saturated carbocycles. The van der Waals surface area contributed by atoms with Crippen molar-refractivity contribution in [2.24, 2.45) is 0 Å². The van der Waals surface area contributed by atoms with Gasteiger partial charge in [-0.25, -0.2) is 8.42 Å². The third-order valence-electron chi connectivity index (χ3n) is 6.21. The van der Waals surface area contributed by atoms with Crippen LogP contribution in [0.25, 0.3) is 0 Å². The summed E-state index contributed by atoms with van der Waals surface area (Å²) in [6.07, 6.45) is 1.58. The molecule has 0 aromatic heterocycles. The molecule has 3 aromatic carbocycles. The van der Waals surface area contributed by atoms with Crippen LogP contribution in [-0.2, 0) is 20.2 Å². The second-order valence-corrected chi connectivity index (χ2v) is 10.6. The van der Waals surface area contributed by atoms with E-state index in [9.17, 15) is 13.2 Å². The van der Waals surface area contributed by atoms with Crippen LogP contribution < -0.4 is 10.0 Å². The van der Waals surface area contributed by atoms with Crippen molar-refractivity contribution < 1.29 is 17.9 Å². The summed E-state index contributed by atoms with van der Waals surface area (Å²) in [7, 11) is -3.98. The quantitative estimate of drug-likeness (QED) is 0.484. The van der Waals surface area contributed by atoms with Crippen molar-refractivity contribution in [2.45, 2.75) is 30.1 Å². The number of amides is 1. The van der Waals surface area contributed by atoms with Gasteiger partial charge in [-0.3, -0.25) is 9.52 Å². The fourth-order valence-corrected chi connectivity index (χ4v) is 5.74. The van der Waals surface area contributed by atoms with Crippen LogP contribution in [0.15, 0.2) is 77.7 Å². The molecule has 1 aliphatic heterocycles. The van der Waals surface area contributed by atoms with Crippen LogP contribution in [0.2, 0.25) is 5.02 Å². The van der Waals surface area contributed by atoms with Gasteiger partial charge in [0.05, 0.1) is 5.02 Å². The van der Waals surface area contributed by atoms with E-state index in [-0.39, 0.29) is 26.8 Å². The van der Waals surface area contributed by atoms with E-state index in [1.807, 2.05) is 37.3 Å². The van der Waals surface area contributed by atoms with Crippen LogP contribution in [-0.4, -0.2) is 34.1 Å². The van der Waals surface area contributed by atoms with Crippen LogP contribution in [0.3, 0.4) is 0 Å². The van der Waals surface area contributed by atoms with E-state index >= 15 is 0 Å². The highest BCUT2D eigenvalue weighted by atomic mass is 35.5. The number of anilines is 1. The fourth-order valence-electron chi connectivity index (χ4n) is 4.16. The minimum atomic E-state index is -3.98. The molecule has 0 bridgehead atoms. The lowest BCUT2D eigenvalue weighted by atomic mass is 9.74. The summed E-state index contributed by atoms with van der Waals surface area (Å²) in [6, 6.07) is 21.3. The molecule has 2 N–H and O–H groups in total. The molecular weight excluding hydrogens is 472 g/mol. The lowest BCUT2D eigenvalue weighted by molar-refractivity contribution is 0.0487. The Morgan fingerprint density at radius 2 is 1.68 bits per heavy atom. The minimum Gasteiger partial charge on any atom is -0.381 e. The molecule has 8 heteroatoms. The smallest absolute Gasteiger partial charge is 0.263 e. The van der Waals surface area contributed by atoms with Crippen LogP contribution in [0.5, 0.6) is 0 Å². The highest BCUT2D eigenvalue weighted by molar-refractivity contribution is 7.92. The van der Waals surface area contributed by atoms with E-state index in [0.29, 0.717) is 25.4 Å². The minimum absolute atomic E-state index is 0.0429. The van der Waals surface area contributed by atoms with E-state index in [0.717, 1.165) is 24.0 Å². The molecule has 1 aliphatic rings. The van der Waals surface area contributed by atoms with E-state index in [4.69, 9.17) is 16.3 Å². The number of carbonyl (C=O) groups excluding carboxylic acids is 1. The standard InChI is InChI=1S/C26H27ClN2O4S/c1-19-7-10-22(11-8-19)29-34(31,32)24-17-20(9-12-23(24)27)25(30)28-18-26(13-15-33-16-14-26)21-5-3-2-4-6-21/h2-12,17,29H,13-16,18H2,1H3,(H,28,30). The van der Waals surface area contributed by atoms with Gasteiger partial charge < -0.3 is 10.1 Å². The molecule has 3 aromatic rings. The van der Waals surface area contributed by atoms with Gasteiger partial charge in [0.1, 0.15) is 4.90 Å². The van der Waals surface area contributed by atoms with Crippen molar-refractivity contribution in [3.8, 4) is 0 Å². The largest absolute Gasteiger partial charge is 0.381 e. The molecule has 4 rings (SSSR count). The van der Waals surface area contributed by atoms with Crippen molar-refractivity contribution >= 4 is 33.2 Å². The second kappa shape index (κ2) is 10.2. The number of nitrogens with one attached hydrogen (secondary N) is 2. The van der Waals surface area contributed by atoms with Crippen molar-refractivity contribution in [3.63, 3.8) is 0 Å². The lowest BCUT2D eigenvalue weighted by Crippen LogP contribution is -2.44. The average Bonchev–Trinajstić information content (AvgIpc) is 2.85. The normalized spacial score (nSPS) is 15.5. The molecule has 0 spiro atoms. The molecule has 34 heavy (non-hydrogen) atoms. The molecule has 1 amide bonds. The zero-order chi connectivity index (χ0) is 24.2. The molecule has 0 aliphatic carbocycles. The summed E-state index contributed by atoms with van der Waals surface area (Å²) in [5.74, 6) is -0.356. The number of halogens is 1. The Bertz CT molecular complexity index is 1260. The van der Waals surface area contributed by atoms with Gasteiger partial charge in [0.15, 0.2) is 0 Å². The number of hydrogen-bond donors (Lipinski definition) is 2. The molecule has 6 nitrogen and oxygen atoms in total. The number of carbonyl (C=O) groups is 1. The Morgan fingerprint density at radius 1 is 1.00 bits per heavy atom. The van der Waals surface area contributed by atoms with Crippen LogP contribution in [0.4, 0.5) is 5.69 Å². The highest BCUT2D eigenvalue weighted by Gasteiger charge is 2.35. The van der Waals surface area contributed by atoms with E-state index < -0.39 is 10.0 Å². The third kappa shape index (κ3) is 5.43. The monoisotopic (exact) mass is 498 g/mol. The lowest BCUT2D eigenvalue weighted by Gasteiger charge is -2.38. The molecular formula is C26H27ClN2O4S. The maximum atomic E-state index is 13.0. The molecule has 1 heterocycles. The topological polar surface area (TPSA) is 84.5 Å². The first kappa shape index (κ1) is 24.3. The van der Waals surface area contributed by atoms with E-state index in [1.54, 1.807) is 12.1 Å². The summed E-state index contributed by atoms with van der Waals surface area (Å²) in [5, 5.41) is 3.05. The Morgan fingerprint density at radius 3 is 2.35 bits per heavy atom. The van der Waals surface area contributed by atoms with Gasteiger partial charge in [-0.1, -0.05) is 59.6 Å². The predicted octanol–water partition coefficient (Wildman–Crippen LogP) is 4.93. The first-order valence-electron chi connectivity index (χ1n) is 11.1. The summed E-state index contributed by atoms with van der Waals surface area (Å²) in [4.78, 5) is 12.9. The number of benzene rings is 3. The molecule has 178 valence electrons. The summed E-state index contributed by atoms with van der Waals surface area (Å²) < 4.78 is 34.0. The Balaban J connectivity index is 1.53. The maximum Gasteiger partial charge on any atom is 0.263 e. The first-order chi connectivity index (χ1) is 16.3. The second-order valence-electron chi connectivity index (χ2n) is 8.56. The molecule has 1 fully saturated rings. The number of ether oxygens (including phenoxy) is 1. The zero-order valence-corrected chi connectivity index (χ0v) is 20.5. The fraction of sp³-hybridized carbons (Fsp3) is 0.269. The number of aryl methyl sites for hydroxylation is 1. The number of rotatable bonds is 7. The summed E-state index contributed by atoms with van der Waals surface area (Å²) in [6.45, 7) is 3.59. The third-order valence-corrected chi connectivity index (χ3v) is 8.07. The molecule has 0 unspecified atom stereocenters. The summed E-state index contributed by atoms with van der Waals surface area (Å²) in [5.41, 5.74) is 2.58. The van der Waals surface area contributed by atoms with Crippen LogP contribution in [0, 0.1) is 6.92 Å². The van der Waals surface area contributed by atoms with Crippen molar-refractivity contribution in [2.75, 3.05) is 24.5 Å². The van der Waals surface area contributed by atoms with Gasteiger partial charge in [-0.05, 0) is 55.7 Å². The van der Waals surface area contributed by atoms with Crippen molar-refractivity contribution in [1.29, 1.82) is 0 Å². The number of hydrogen-bond acceptors (Lipinski definition) is 4. The van der Waals surface area contributed by atoms with Crippen molar-refractivity contribution in [1.82, 2.24) is 5.32 Å². The van der Waals surface area contributed by atoms with E-state index in [2.05, 4.69) is 22.2 Å². The molecule has 0 atom stereocenters. The SMILES string of the molecule is Cc1ccc(NS(=O)(=O)c2cc(C(=O)NCC3(c4ccccc4)CCOCC3)ccc2Cl)cc1. The Kier molecular flexibility index (Phi) is 7.26. The van der Waals surface area contributed by atoms with Gasteiger partial charge in [-0.2, -0.15) is 0 Å². The zero-order valence-electron chi connectivity index (χ0n) is 18.9. The van der Waals surface area contributed by atoms with Crippen molar-refractivity contribution in [3.05, 3.63) is 94.5 Å². The highest BCUT2D eigenvalue weighted by Crippen LogP contribution is 2.34. The first-order valence-corrected chi connectivity index (χ1v) is 13.0. The van der Waals surface area contributed by atoms with Gasteiger partial charge in [0, 0.05) is 36.4 Å². The molecule has 1 saturated heterocycles. The number of sulfonamides is 1. The summed E-state index contributed by atoms with van der Waals surface area (Å²) >= 11 is 6.21. The predicted molar refractivity (Wildman–Crippen MR) is 134 cm³/mol. The molecule has 0 radical (unpaired) electrons. The van der Waals surface area contributed by atoms with Crippen LogP contribution in [0.1, 0.15) is 34.3 Å². The Hall–Kier alpha value is -2.87. The van der Waals surface area contributed by atoms with E-state index in [1.165, 1.54) is 18.2 Å². The average molecular weight is 499 g/mol. The van der Waals surface area contributed by atoms with Gasteiger partial charge in [0.25, 0.3) is 15.9 Å². The van der Waals surface area contributed by atoms with Gasteiger partial charge in [-0.15, -0.1) is 0 Å². The van der Waals surface area contributed by atoms with Gasteiger partial charge in [0.2, 0.25) is 0 Å². The van der Waals surface area contributed by atoms with Crippen LogP contribution >= 0.6 is 11.6 Å². The Labute approximate surface area is 205 Å². The maximum absolute atomic E-state index is 13.0. The van der Waals surface area contributed by atoms with Gasteiger partial charge >= 0.3 is 0 Å².